The minimum atomic E-state index is -0.752. The molecule has 1 aliphatic rings. The number of rotatable bonds is 7. The number of carbonyl (C=O) groups is 1. The summed E-state index contributed by atoms with van der Waals surface area (Å²) in [5.74, 6) is -0.752. The van der Waals surface area contributed by atoms with Crippen molar-refractivity contribution in [1.82, 2.24) is 9.80 Å². The van der Waals surface area contributed by atoms with Crippen molar-refractivity contribution in [1.29, 1.82) is 0 Å². The van der Waals surface area contributed by atoms with Crippen LogP contribution in [0.1, 0.15) is 26.7 Å². The third-order valence-corrected chi connectivity index (χ3v) is 3.67. The van der Waals surface area contributed by atoms with Crippen LogP contribution in [0.2, 0.25) is 0 Å². The maximum absolute atomic E-state index is 10.9. The van der Waals surface area contributed by atoms with Gasteiger partial charge in [0.15, 0.2) is 0 Å². The highest BCUT2D eigenvalue weighted by Crippen LogP contribution is 2.18. The number of hydrogen-bond acceptors (Lipinski definition) is 4. The molecule has 0 aromatic carbocycles. The second-order valence-electron chi connectivity index (χ2n) is 5.22. The van der Waals surface area contributed by atoms with Crippen molar-refractivity contribution < 1.29 is 14.6 Å². The monoisotopic (exact) mass is 258 g/mol. The number of piperidine rings is 1. The predicted octanol–water partition coefficient (Wildman–Crippen LogP) is 0.892. The van der Waals surface area contributed by atoms with E-state index < -0.39 is 5.97 Å². The van der Waals surface area contributed by atoms with Crippen LogP contribution in [-0.4, -0.2) is 72.9 Å². The molecule has 1 aliphatic heterocycles. The first-order valence-corrected chi connectivity index (χ1v) is 6.73. The van der Waals surface area contributed by atoms with Gasteiger partial charge in [-0.15, -0.1) is 0 Å². The lowest BCUT2D eigenvalue weighted by Crippen LogP contribution is -2.49. The summed E-state index contributed by atoms with van der Waals surface area (Å²) in [6, 6.07) is 0.962. The molecule has 0 unspecified atom stereocenters. The zero-order valence-corrected chi connectivity index (χ0v) is 11.8. The first-order chi connectivity index (χ1) is 8.54. The van der Waals surface area contributed by atoms with Gasteiger partial charge >= 0.3 is 5.97 Å². The van der Waals surface area contributed by atoms with Gasteiger partial charge in [-0.1, -0.05) is 0 Å². The fourth-order valence-corrected chi connectivity index (χ4v) is 2.54. The molecule has 5 nitrogen and oxygen atoms in total. The van der Waals surface area contributed by atoms with Gasteiger partial charge in [0.1, 0.15) is 0 Å². The van der Waals surface area contributed by atoms with Gasteiger partial charge in [-0.05, 0) is 39.8 Å². The molecule has 0 saturated carbocycles. The smallest absolute Gasteiger partial charge is 0.317 e. The van der Waals surface area contributed by atoms with Crippen molar-refractivity contribution in [2.45, 2.75) is 38.8 Å². The van der Waals surface area contributed by atoms with E-state index in [1.54, 1.807) is 7.11 Å². The van der Waals surface area contributed by atoms with E-state index in [0.29, 0.717) is 25.2 Å². The number of carboxylic acid groups (broad SMARTS) is 1. The van der Waals surface area contributed by atoms with E-state index in [1.165, 1.54) is 0 Å². The van der Waals surface area contributed by atoms with Gasteiger partial charge in [-0.2, -0.15) is 0 Å². The average molecular weight is 258 g/mol. The highest BCUT2D eigenvalue weighted by atomic mass is 16.5. The molecule has 0 spiro atoms. The molecular formula is C13H26N2O3. The van der Waals surface area contributed by atoms with Crippen LogP contribution in [0.4, 0.5) is 0 Å². The van der Waals surface area contributed by atoms with Crippen molar-refractivity contribution in [3.63, 3.8) is 0 Å². The SMILES string of the molecule is COCCN(CC(=O)O)C1CCN(C(C)C)CC1. The van der Waals surface area contributed by atoms with Crippen LogP contribution in [0.3, 0.4) is 0 Å². The van der Waals surface area contributed by atoms with Crippen molar-refractivity contribution in [2.75, 3.05) is 39.9 Å². The molecule has 0 amide bonds. The number of aliphatic carboxylic acids is 1. The highest BCUT2D eigenvalue weighted by Gasteiger charge is 2.26. The molecule has 0 aromatic rings. The minimum Gasteiger partial charge on any atom is -0.480 e. The van der Waals surface area contributed by atoms with Crippen LogP contribution in [-0.2, 0) is 9.53 Å². The van der Waals surface area contributed by atoms with Crippen LogP contribution < -0.4 is 0 Å². The van der Waals surface area contributed by atoms with Crippen molar-refractivity contribution in [2.24, 2.45) is 0 Å². The summed E-state index contributed by atoms with van der Waals surface area (Å²) in [5, 5.41) is 8.96. The molecular weight excluding hydrogens is 232 g/mol. The van der Waals surface area contributed by atoms with Crippen molar-refractivity contribution in [3.8, 4) is 0 Å². The Labute approximate surface area is 110 Å². The van der Waals surface area contributed by atoms with E-state index >= 15 is 0 Å². The number of likely N-dealkylation sites (tertiary alicyclic amines) is 1. The van der Waals surface area contributed by atoms with E-state index in [0.717, 1.165) is 25.9 Å². The largest absolute Gasteiger partial charge is 0.480 e. The minimum absolute atomic E-state index is 0.121. The molecule has 1 fully saturated rings. The van der Waals surface area contributed by atoms with Crippen LogP contribution >= 0.6 is 0 Å². The Morgan fingerprint density at radius 3 is 2.50 bits per heavy atom. The lowest BCUT2D eigenvalue weighted by molar-refractivity contribution is -0.139. The van der Waals surface area contributed by atoms with Gasteiger partial charge in [-0.25, -0.2) is 0 Å². The summed E-state index contributed by atoms with van der Waals surface area (Å²) < 4.78 is 5.06. The Bertz CT molecular complexity index is 251. The summed E-state index contributed by atoms with van der Waals surface area (Å²) in [6.45, 7) is 7.96. The molecule has 0 bridgehead atoms. The standard InChI is InChI=1S/C13H26N2O3/c1-11(2)14-6-4-12(5-7-14)15(8-9-18-3)10-13(16)17/h11-12H,4-10H2,1-3H3,(H,16,17). The Hall–Kier alpha value is -0.650. The topological polar surface area (TPSA) is 53.0 Å². The highest BCUT2D eigenvalue weighted by molar-refractivity contribution is 5.69. The summed E-state index contributed by atoms with van der Waals surface area (Å²) in [6.07, 6.45) is 2.10. The fourth-order valence-electron chi connectivity index (χ4n) is 2.54. The normalized spacial score (nSPS) is 18.7. The Kier molecular flexibility index (Phi) is 6.60. The molecule has 106 valence electrons. The van der Waals surface area contributed by atoms with Gasteiger partial charge < -0.3 is 14.7 Å². The van der Waals surface area contributed by atoms with Crippen LogP contribution in [0, 0.1) is 0 Å². The lowest BCUT2D eigenvalue weighted by Gasteiger charge is -2.39. The maximum Gasteiger partial charge on any atom is 0.317 e. The van der Waals surface area contributed by atoms with Crippen LogP contribution in [0.25, 0.3) is 0 Å². The Balaban J connectivity index is 2.46. The van der Waals surface area contributed by atoms with E-state index in [-0.39, 0.29) is 6.54 Å². The van der Waals surface area contributed by atoms with E-state index in [4.69, 9.17) is 9.84 Å². The van der Waals surface area contributed by atoms with E-state index in [1.807, 2.05) is 4.90 Å². The molecule has 1 N–H and O–H groups in total. The van der Waals surface area contributed by atoms with Gasteiger partial charge in [0.25, 0.3) is 0 Å². The third kappa shape index (κ3) is 4.92. The Morgan fingerprint density at radius 2 is 2.06 bits per heavy atom. The third-order valence-electron chi connectivity index (χ3n) is 3.67. The van der Waals surface area contributed by atoms with Crippen LogP contribution in [0.5, 0.6) is 0 Å². The first-order valence-electron chi connectivity index (χ1n) is 6.73. The lowest BCUT2D eigenvalue weighted by atomic mass is 10.0. The molecule has 1 rings (SSSR count). The molecule has 1 heterocycles. The summed E-state index contributed by atoms with van der Waals surface area (Å²) >= 11 is 0. The van der Waals surface area contributed by atoms with Crippen molar-refractivity contribution in [3.05, 3.63) is 0 Å². The molecule has 0 aromatic heterocycles. The summed E-state index contributed by atoms with van der Waals surface area (Å²) in [7, 11) is 1.65. The molecule has 5 heteroatoms. The van der Waals surface area contributed by atoms with Gasteiger partial charge in [0.05, 0.1) is 13.2 Å². The molecule has 0 aliphatic carbocycles. The zero-order valence-electron chi connectivity index (χ0n) is 11.8. The zero-order chi connectivity index (χ0) is 13.5. The van der Waals surface area contributed by atoms with Crippen molar-refractivity contribution >= 4 is 5.97 Å². The molecule has 0 radical (unpaired) electrons. The molecule has 0 atom stereocenters. The quantitative estimate of drug-likeness (QED) is 0.735. The average Bonchev–Trinajstić information content (AvgIpc) is 2.34. The van der Waals surface area contributed by atoms with Gasteiger partial charge in [0.2, 0.25) is 0 Å². The Morgan fingerprint density at radius 1 is 1.44 bits per heavy atom. The second-order valence-corrected chi connectivity index (χ2v) is 5.22. The van der Waals surface area contributed by atoms with Crippen LogP contribution in [0.15, 0.2) is 0 Å². The predicted molar refractivity (Wildman–Crippen MR) is 70.8 cm³/mol. The summed E-state index contributed by atoms with van der Waals surface area (Å²) in [4.78, 5) is 15.4. The summed E-state index contributed by atoms with van der Waals surface area (Å²) in [5.41, 5.74) is 0. The first kappa shape index (κ1) is 15.4. The fraction of sp³-hybridized carbons (Fsp3) is 0.923. The molecule has 18 heavy (non-hydrogen) atoms. The van der Waals surface area contributed by atoms with E-state index in [2.05, 4.69) is 18.7 Å². The number of hydrogen-bond donors (Lipinski definition) is 1. The number of nitrogens with zero attached hydrogens (tertiary/aromatic N) is 2. The van der Waals surface area contributed by atoms with Gasteiger partial charge in [-0.3, -0.25) is 9.69 Å². The van der Waals surface area contributed by atoms with Gasteiger partial charge in [0, 0.05) is 25.7 Å². The maximum atomic E-state index is 10.9. The molecule has 1 saturated heterocycles. The number of ether oxygens (including phenoxy) is 1. The second kappa shape index (κ2) is 7.71. The van der Waals surface area contributed by atoms with E-state index in [9.17, 15) is 4.79 Å². The number of methoxy groups -OCH3 is 1. The number of carboxylic acids is 1.